The topological polar surface area (TPSA) is 38.5 Å². The first-order valence-electron chi connectivity index (χ1n) is 6.10. The molecule has 0 aliphatic heterocycles. The van der Waals surface area contributed by atoms with Gasteiger partial charge in [0.25, 0.3) is 0 Å². The highest BCUT2D eigenvalue weighted by Crippen LogP contribution is 2.27. The lowest BCUT2D eigenvalue weighted by atomic mass is 10.1. The summed E-state index contributed by atoms with van der Waals surface area (Å²) in [6, 6.07) is 10.7. The second-order valence-electron chi connectivity index (χ2n) is 4.53. The van der Waals surface area contributed by atoms with Crippen molar-refractivity contribution >= 4 is 27.3 Å². The molecule has 5 heteroatoms. The number of methoxy groups -OCH3 is 1. The predicted octanol–water partition coefficient (Wildman–Crippen LogP) is 3.82. The van der Waals surface area contributed by atoms with Crippen LogP contribution >= 0.6 is 15.9 Å². The average molecular weight is 339 g/mol. The van der Waals surface area contributed by atoms with Crippen molar-refractivity contribution < 1.29 is 9.13 Å². The van der Waals surface area contributed by atoms with Gasteiger partial charge in [0.1, 0.15) is 0 Å². The number of hydrogen-bond acceptors (Lipinski definition) is 3. The Kier molecular flexibility index (Phi) is 4.49. The Labute approximate surface area is 126 Å². The van der Waals surface area contributed by atoms with E-state index in [1.165, 1.54) is 13.2 Å². The van der Waals surface area contributed by atoms with Crippen LogP contribution in [0.15, 0.2) is 40.9 Å². The van der Waals surface area contributed by atoms with Crippen molar-refractivity contribution in [1.82, 2.24) is 0 Å². The monoisotopic (exact) mass is 338 g/mol. The number of halogens is 2. The number of rotatable bonds is 4. The molecule has 3 nitrogen and oxygen atoms in total. The summed E-state index contributed by atoms with van der Waals surface area (Å²) in [7, 11) is 3.37. The van der Waals surface area contributed by atoms with Crippen LogP contribution in [0.4, 0.5) is 15.8 Å². The number of anilines is 2. The van der Waals surface area contributed by atoms with Crippen molar-refractivity contribution in [3.63, 3.8) is 0 Å². The van der Waals surface area contributed by atoms with Gasteiger partial charge in [0.2, 0.25) is 0 Å². The molecule has 0 bridgehead atoms. The van der Waals surface area contributed by atoms with Crippen LogP contribution in [0.3, 0.4) is 0 Å². The normalized spacial score (nSPS) is 10.4. The van der Waals surface area contributed by atoms with Gasteiger partial charge < -0.3 is 15.4 Å². The Hall–Kier alpha value is -1.75. The number of nitrogens with zero attached hydrogens (tertiary/aromatic N) is 1. The van der Waals surface area contributed by atoms with Gasteiger partial charge in [0.05, 0.1) is 18.5 Å². The molecular formula is C15H16BrFN2O. The standard InChI is InChI=1S/C15H16BrFN2O/c1-19(14-5-4-11(16)8-13(14)18)9-10-3-6-15(20-2)12(17)7-10/h3-8H,9,18H2,1-2H3. The van der Waals surface area contributed by atoms with Crippen molar-refractivity contribution in [2.75, 3.05) is 24.8 Å². The minimum atomic E-state index is -0.359. The molecule has 0 radical (unpaired) electrons. The molecule has 106 valence electrons. The van der Waals surface area contributed by atoms with Gasteiger partial charge >= 0.3 is 0 Å². The molecule has 0 heterocycles. The van der Waals surface area contributed by atoms with Crippen LogP contribution in [0.5, 0.6) is 5.75 Å². The van der Waals surface area contributed by atoms with Crippen LogP contribution in [-0.2, 0) is 6.54 Å². The second kappa shape index (κ2) is 6.13. The molecule has 0 atom stereocenters. The van der Waals surface area contributed by atoms with E-state index in [4.69, 9.17) is 10.5 Å². The zero-order chi connectivity index (χ0) is 14.7. The maximum Gasteiger partial charge on any atom is 0.165 e. The van der Waals surface area contributed by atoms with Gasteiger partial charge in [-0.1, -0.05) is 22.0 Å². The summed E-state index contributed by atoms with van der Waals surface area (Å²) < 4.78 is 19.5. The maximum absolute atomic E-state index is 13.7. The van der Waals surface area contributed by atoms with Crippen molar-refractivity contribution in [1.29, 1.82) is 0 Å². The number of benzene rings is 2. The molecule has 0 saturated carbocycles. The Bertz CT molecular complexity index is 619. The molecular weight excluding hydrogens is 323 g/mol. The van der Waals surface area contributed by atoms with E-state index in [2.05, 4.69) is 15.9 Å². The van der Waals surface area contributed by atoms with E-state index in [1.54, 1.807) is 6.07 Å². The summed E-state index contributed by atoms with van der Waals surface area (Å²) in [6.45, 7) is 0.562. The molecule has 2 N–H and O–H groups in total. The summed E-state index contributed by atoms with van der Waals surface area (Å²) in [5.41, 5.74) is 8.42. The van der Waals surface area contributed by atoms with E-state index in [9.17, 15) is 4.39 Å². The van der Waals surface area contributed by atoms with Gasteiger partial charge in [0.15, 0.2) is 11.6 Å². The minimum absolute atomic E-state index is 0.250. The lowest BCUT2D eigenvalue weighted by Gasteiger charge is -2.21. The van der Waals surface area contributed by atoms with Gasteiger partial charge in [-0.3, -0.25) is 0 Å². The van der Waals surface area contributed by atoms with Gasteiger partial charge in [-0.2, -0.15) is 0 Å². The van der Waals surface area contributed by atoms with E-state index < -0.39 is 0 Å². The van der Waals surface area contributed by atoms with Gasteiger partial charge in [-0.15, -0.1) is 0 Å². The first kappa shape index (κ1) is 14.7. The Morgan fingerprint density at radius 3 is 2.60 bits per heavy atom. The third-order valence-electron chi connectivity index (χ3n) is 3.04. The molecule has 0 aliphatic carbocycles. The molecule has 20 heavy (non-hydrogen) atoms. The van der Waals surface area contributed by atoms with Crippen LogP contribution in [0.25, 0.3) is 0 Å². The third-order valence-corrected chi connectivity index (χ3v) is 3.53. The van der Waals surface area contributed by atoms with Crippen molar-refractivity contribution in [2.45, 2.75) is 6.54 Å². The minimum Gasteiger partial charge on any atom is -0.494 e. The summed E-state index contributed by atoms with van der Waals surface area (Å²) in [5, 5.41) is 0. The zero-order valence-electron chi connectivity index (χ0n) is 11.4. The van der Waals surface area contributed by atoms with E-state index in [-0.39, 0.29) is 11.6 Å². The molecule has 0 saturated heterocycles. The highest BCUT2D eigenvalue weighted by molar-refractivity contribution is 9.10. The highest BCUT2D eigenvalue weighted by Gasteiger charge is 2.09. The smallest absolute Gasteiger partial charge is 0.165 e. The first-order valence-corrected chi connectivity index (χ1v) is 6.89. The summed E-state index contributed by atoms with van der Waals surface area (Å²) >= 11 is 3.38. The quantitative estimate of drug-likeness (QED) is 0.861. The Balaban J connectivity index is 2.18. The van der Waals surface area contributed by atoms with Gasteiger partial charge in [0, 0.05) is 18.1 Å². The largest absolute Gasteiger partial charge is 0.494 e. The van der Waals surface area contributed by atoms with E-state index in [0.717, 1.165) is 15.7 Å². The van der Waals surface area contributed by atoms with E-state index in [1.807, 2.05) is 36.2 Å². The van der Waals surface area contributed by atoms with Crippen LogP contribution in [0, 0.1) is 5.82 Å². The summed E-state index contributed by atoms with van der Waals surface area (Å²) in [4.78, 5) is 1.98. The number of hydrogen-bond donors (Lipinski definition) is 1. The Morgan fingerprint density at radius 1 is 1.25 bits per heavy atom. The van der Waals surface area contributed by atoms with Crippen LogP contribution in [0.2, 0.25) is 0 Å². The fourth-order valence-electron chi connectivity index (χ4n) is 2.04. The maximum atomic E-state index is 13.7. The highest BCUT2D eigenvalue weighted by atomic mass is 79.9. The summed E-state index contributed by atoms with van der Waals surface area (Å²) in [6.07, 6.45) is 0. The molecule has 0 aromatic heterocycles. The van der Waals surface area contributed by atoms with E-state index in [0.29, 0.717) is 12.2 Å². The molecule has 0 spiro atoms. The SMILES string of the molecule is COc1ccc(CN(C)c2ccc(Br)cc2N)cc1F. The fraction of sp³-hybridized carbons (Fsp3) is 0.200. The average Bonchev–Trinajstić information content (AvgIpc) is 2.38. The van der Waals surface area contributed by atoms with Gasteiger partial charge in [-0.25, -0.2) is 4.39 Å². The molecule has 2 aromatic carbocycles. The van der Waals surface area contributed by atoms with Gasteiger partial charge in [-0.05, 0) is 35.9 Å². The van der Waals surface area contributed by atoms with Crippen molar-refractivity contribution in [3.8, 4) is 5.75 Å². The Morgan fingerprint density at radius 2 is 2.00 bits per heavy atom. The molecule has 0 amide bonds. The number of nitrogens with two attached hydrogens (primary N) is 1. The molecule has 2 aromatic rings. The lowest BCUT2D eigenvalue weighted by molar-refractivity contribution is 0.386. The van der Waals surface area contributed by atoms with E-state index >= 15 is 0 Å². The molecule has 0 unspecified atom stereocenters. The summed E-state index contributed by atoms with van der Waals surface area (Å²) in [5.74, 6) is -0.110. The van der Waals surface area contributed by atoms with Crippen LogP contribution < -0.4 is 15.4 Å². The van der Waals surface area contributed by atoms with Crippen LogP contribution in [0.1, 0.15) is 5.56 Å². The predicted molar refractivity (Wildman–Crippen MR) is 83.6 cm³/mol. The fourth-order valence-corrected chi connectivity index (χ4v) is 2.42. The molecule has 0 fully saturated rings. The molecule has 2 rings (SSSR count). The lowest BCUT2D eigenvalue weighted by Crippen LogP contribution is -2.17. The number of ether oxygens (including phenoxy) is 1. The van der Waals surface area contributed by atoms with Crippen LogP contribution in [-0.4, -0.2) is 14.2 Å². The van der Waals surface area contributed by atoms with Crippen molar-refractivity contribution in [3.05, 3.63) is 52.3 Å². The molecule has 0 aliphatic rings. The number of nitrogen functional groups attached to an aromatic ring is 1. The van der Waals surface area contributed by atoms with Crippen molar-refractivity contribution in [2.24, 2.45) is 0 Å². The third kappa shape index (κ3) is 3.22. The second-order valence-corrected chi connectivity index (χ2v) is 5.44. The first-order chi connectivity index (χ1) is 9.51. The zero-order valence-corrected chi connectivity index (χ0v) is 12.9.